The van der Waals surface area contributed by atoms with E-state index in [1.807, 2.05) is 18.3 Å². The van der Waals surface area contributed by atoms with Gasteiger partial charge in [-0.05, 0) is 51.2 Å². The van der Waals surface area contributed by atoms with Gasteiger partial charge in [-0.3, -0.25) is 0 Å². The fourth-order valence-corrected chi connectivity index (χ4v) is 3.62. The lowest BCUT2D eigenvalue weighted by molar-refractivity contribution is 0.0858. The summed E-state index contributed by atoms with van der Waals surface area (Å²) in [5.74, 6) is 0.870. The monoisotopic (exact) mass is 379 g/mol. The van der Waals surface area contributed by atoms with E-state index in [2.05, 4.69) is 84.0 Å². The first-order chi connectivity index (χ1) is 14.3. The molecule has 0 saturated heterocycles. The lowest BCUT2D eigenvalue weighted by Gasteiger charge is -2.10. The number of nitrogens with zero attached hydrogens (tertiary/aromatic N) is 1. The highest BCUT2D eigenvalue weighted by Gasteiger charge is 2.15. The third-order valence-corrected chi connectivity index (χ3v) is 5.27. The van der Waals surface area contributed by atoms with Crippen LogP contribution in [0.15, 0.2) is 96.2 Å². The van der Waals surface area contributed by atoms with E-state index in [0.717, 1.165) is 23.3 Å². The largest absolute Gasteiger partial charge is 0.489 e. The Bertz CT molecular complexity index is 1140. The topological polar surface area (TPSA) is 30.8 Å². The third kappa shape index (κ3) is 3.85. The quantitative estimate of drug-likeness (QED) is 0.394. The Labute approximate surface area is 170 Å². The molecule has 0 bridgehead atoms. The van der Waals surface area contributed by atoms with Gasteiger partial charge in [-0.25, -0.2) is 0 Å². The number of rotatable bonds is 5. The number of ether oxygens (including phenoxy) is 1. The van der Waals surface area contributed by atoms with Crippen LogP contribution in [0.4, 0.5) is 0 Å². The highest BCUT2D eigenvalue weighted by Crippen LogP contribution is 2.28. The van der Waals surface area contributed by atoms with Crippen molar-refractivity contribution in [2.45, 2.75) is 19.1 Å². The predicted molar refractivity (Wildman–Crippen MR) is 117 cm³/mol. The minimum atomic E-state index is 0.0509. The van der Waals surface area contributed by atoms with Crippen molar-refractivity contribution in [2.24, 2.45) is 5.16 Å². The van der Waals surface area contributed by atoms with Crippen LogP contribution in [0, 0.1) is 0 Å². The summed E-state index contributed by atoms with van der Waals surface area (Å²) >= 11 is 0. The second kappa shape index (κ2) is 7.80. The molecule has 1 aliphatic heterocycles. The zero-order valence-corrected chi connectivity index (χ0v) is 16.0. The van der Waals surface area contributed by atoms with Crippen molar-refractivity contribution in [1.82, 2.24) is 0 Å². The predicted octanol–water partition coefficient (Wildman–Crippen LogP) is 6.53. The van der Waals surface area contributed by atoms with Gasteiger partial charge in [-0.15, -0.1) is 0 Å². The molecule has 3 nitrogen and oxygen atoms in total. The maximum Gasteiger partial charge on any atom is 0.157 e. The molecule has 0 amide bonds. The molecule has 0 N–H and O–H groups in total. The Morgan fingerprint density at radius 3 is 2.24 bits per heavy atom. The lowest BCUT2D eigenvalue weighted by atomic mass is 10.0. The standard InChI is InChI=1S/C26H21NO2/c1-2-4-24-17-19(5-6-20(24)3-1)18-28-25-13-11-22(12-14-25)21-7-9-23(10-8-21)26-15-16-27-29-26/h1-14,16-17,26H,15,18H2. The second-order valence-electron chi connectivity index (χ2n) is 7.23. The van der Waals surface area contributed by atoms with Gasteiger partial charge >= 0.3 is 0 Å². The fourth-order valence-electron chi connectivity index (χ4n) is 3.62. The highest BCUT2D eigenvalue weighted by molar-refractivity contribution is 5.83. The van der Waals surface area contributed by atoms with Gasteiger partial charge in [0.25, 0.3) is 0 Å². The smallest absolute Gasteiger partial charge is 0.157 e. The number of oxime groups is 1. The van der Waals surface area contributed by atoms with Crippen molar-refractivity contribution in [2.75, 3.05) is 0 Å². The van der Waals surface area contributed by atoms with Crippen LogP contribution in [0.3, 0.4) is 0 Å². The van der Waals surface area contributed by atoms with Crippen LogP contribution >= 0.6 is 0 Å². The molecule has 29 heavy (non-hydrogen) atoms. The van der Waals surface area contributed by atoms with Crippen LogP contribution in [0.25, 0.3) is 21.9 Å². The molecule has 0 aromatic heterocycles. The first-order valence-corrected chi connectivity index (χ1v) is 9.84. The molecule has 1 unspecified atom stereocenters. The van der Waals surface area contributed by atoms with Gasteiger partial charge in [0.15, 0.2) is 6.10 Å². The van der Waals surface area contributed by atoms with E-state index >= 15 is 0 Å². The van der Waals surface area contributed by atoms with Gasteiger partial charge in [0.1, 0.15) is 12.4 Å². The van der Waals surface area contributed by atoms with E-state index in [1.54, 1.807) is 0 Å². The SMILES string of the molecule is C1=NOC(c2ccc(-c3ccc(OCc4ccc5ccccc5c4)cc3)cc2)C1. The molecule has 0 aliphatic carbocycles. The summed E-state index contributed by atoms with van der Waals surface area (Å²) in [6, 6.07) is 31.5. The van der Waals surface area contributed by atoms with Crippen molar-refractivity contribution < 1.29 is 9.57 Å². The molecule has 5 rings (SSSR count). The highest BCUT2D eigenvalue weighted by atomic mass is 16.6. The van der Waals surface area contributed by atoms with Crippen molar-refractivity contribution in [1.29, 1.82) is 0 Å². The Morgan fingerprint density at radius 1 is 0.793 bits per heavy atom. The molecule has 0 fully saturated rings. The van der Waals surface area contributed by atoms with Crippen LogP contribution in [0.5, 0.6) is 5.75 Å². The Kier molecular flexibility index (Phi) is 4.71. The summed E-state index contributed by atoms with van der Waals surface area (Å²) in [7, 11) is 0. The number of benzene rings is 4. The lowest BCUT2D eigenvalue weighted by Crippen LogP contribution is -1.96. The maximum absolute atomic E-state index is 5.99. The van der Waals surface area contributed by atoms with Crippen LogP contribution in [-0.4, -0.2) is 6.21 Å². The molecule has 0 saturated carbocycles. The molecule has 0 spiro atoms. The van der Waals surface area contributed by atoms with Crippen LogP contribution in [0.2, 0.25) is 0 Å². The molecule has 1 aliphatic rings. The van der Waals surface area contributed by atoms with E-state index in [9.17, 15) is 0 Å². The summed E-state index contributed by atoms with van der Waals surface area (Å²) in [6.07, 6.45) is 2.70. The summed E-state index contributed by atoms with van der Waals surface area (Å²) in [6.45, 7) is 0.558. The zero-order chi connectivity index (χ0) is 19.5. The molecule has 1 atom stereocenters. The summed E-state index contributed by atoms with van der Waals surface area (Å²) < 4.78 is 5.99. The zero-order valence-electron chi connectivity index (χ0n) is 16.0. The maximum atomic E-state index is 5.99. The Hall–Kier alpha value is -3.59. The summed E-state index contributed by atoms with van der Waals surface area (Å²) in [5, 5.41) is 6.33. The number of hydrogen-bond donors (Lipinski definition) is 0. The van der Waals surface area contributed by atoms with E-state index in [1.165, 1.54) is 21.9 Å². The molecule has 0 radical (unpaired) electrons. The molecular formula is C26H21NO2. The van der Waals surface area contributed by atoms with Crippen LogP contribution < -0.4 is 4.74 Å². The van der Waals surface area contributed by atoms with Gasteiger partial charge in [0.05, 0.1) is 0 Å². The van der Waals surface area contributed by atoms with Crippen molar-refractivity contribution in [3.05, 3.63) is 102 Å². The first-order valence-electron chi connectivity index (χ1n) is 9.84. The fraction of sp³-hybridized carbons (Fsp3) is 0.115. The number of fused-ring (bicyclic) bond motifs is 1. The van der Waals surface area contributed by atoms with Crippen molar-refractivity contribution >= 4 is 17.0 Å². The molecule has 3 heteroatoms. The molecular weight excluding hydrogens is 358 g/mol. The van der Waals surface area contributed by atoms with Gasteiger partial charge in [0.2, 0.25) is 0 Å². The Balaban J connectivity index is 1.24. The van der Waals surface area contributed by atoms with E-state index in [0.29, 0.717) is 6.61 Å². The Morgan fingerprint density at radius 2 is 1.52 bits per heavy atom. The molecule has 142 valence electrons. The van der Waals surface area contributed by atoms with Crippen molar-refractivity contribution in [3.63, 3.8) is 0 Å². The van der Waals surface area contributed by atoms with Crippen LogP contribution in [-0.2, 0) is 11.4 Å². The van der Waals surface area contributed by atoms with Gasteiger partial charge in [0, 0.05) is 12.6 Å². The summed E-state index contributed by atoms with van der Waals surface area (Å²) in [5.41, 5.74) is 4.66. The van der Waals surface area contributed by atoms with E-state index in [-0.39, 0.29) is 6.10 Å². The first kappa shape index (κ1) is 17.5. The third-order valence-electron chi connectivity index (χ3n) is 5.27. The number of hydrogen-bond acceptors (Lipinski definition) is 3. The van der Waals surface area contributed by atoms with E-state index < -0.39 is 0 Å². The molecule has 4 aromatic rings. The van der Waals surface area contributed by atoms with Gasteiger partial charge in [-0.2, -0.15) is 0 Å². The van der Waals surface area contributed by atoms with Crippen LogP contribution in [0.1, 0.15) is 23.7 Å². The normalized spacial score (nSPS) is 15.4. The molecule has 1 heterocycles. The average molecular weight is 379 g/mol. The van der Waals surface area contributed by atoms with Gasteiger partial charge in [-0.1, -0.05) is 78.0 Å². The molecule has 4 aromatic carbocycles. The summed E-state index contributed by atoms with van der Waals surface area (Å²) in [4.78, 5) is 5.34. The minimum absolute atomic E-state index is 0.0509. The van der Waals surface area contributed by atoms with E-state index in [4.69, 9.17) is 9.57 Å². The van der Waals surface area contributed by atoms with Crippen molar-refractivity contribution in [3.8, 4) is 16.9 Å². The average Bonchev–Trinajstić information content (AvgIpc) is 3.33. The second-order valence-corrected chi connectivity index (χ2v) is 7.23. The van der Waals surface area contributed by atoms with Gasteiger partial charge < -0.3 is 9.57 Å². The minimum Gasteiger partial charge on any atom is -0.489 e.